The second-order valence-corrected chi connectivity index (χ2v) is 5.94. The average molecular weight is 391 g/mol. The molecule has 0 amide bonds. The number of aliphatic imine (C=N–C) groups is 1. The number of halogens is 1. The number of ether oxygens (including phenoxy) is 1. The molecule has 3 unspecified atom stereocenters. The number of nitrogens with zero attached hydrogens (tertiary/aromatic N) is 1. The van der Waals surface area contributed by atoms with Crippen LogP contribution in [0.1, 0.15) is 33.6 Å². The molecule has 1 aliphatic heterocycles. The predicted octanol–water partition coefficient (Wildman–Crippen LogP) is 2.00. The van der Waals surface area contributed by atoms with Crippen molar-refractivity contribution in [3.8, 4) is 12.3 Å². The maximum atomic E-state index is 5.91. The van der Waals surface area contributed by atoms with Gasteiger partial charge in [0.15, 0.2) is 5.96 Å². The van der Waals surface area contributed by atoms with Crippen LogP contribution in [0.5, 0.6) is 0 Å². The fourth-order valence-corrected chi connectivity index (χ4v) is 3.41. The summed E-state index contributed by atoms with van der Waals surface area (Å²) in [4.78, 5) is 4.37. The third-order valence-corrected chi connectivity index (χ3v) is 4.30. The number of nitrogens with one attached hydrogen (secondary N) is 2. The number of guanidine groups is 1. The highest BCUT2D eigenvalue weighted by Gasteiger charge is 2.58. The topological polar surface area (TPSA) is 45.7 Å². The van der Waals surface area contributed by atoms with Gasteiger partial charge in [0, 0.05) is 30.5 Å². The number of terminal acetylenes is 1. The van der Waals surface area contributed by atoms with E-state index < -0.39 is 0 Å². The van der Waals surface area contributed by atoms with Crippen molar-refractivity contribution in [2.75, 3.05) is 19.7 Å². The molecule has 0 spiro atoms. The fourth-order valence-electron chi connectivity index (χ4n) is 3.41. The Bertz CT molecular complexity index is 389. The van der Waals surface area contributed by atoms with Gasteiger partial charge in [-0.05, 0) is 19.8 Å². The Morgan fingerprint density at radius 2 is 2.25 bits per heavy atom. The summed E-state index contributed by atoms with van der Waals surface area (Å²) in [5.74, 6) is 3.97. The lowest BCUT2D eigenvalue weighted by Gasteiger charge is -2.60. The van der Waals surface area contributed by atoms with E-state index in [-0.39, 0.29) is 29.4 Å². The van der Waals surface area contributed by atoms with E-state index in [0.717, 1.165) is 25.5 Å². The molecule has 2 fully saturated rings. The van der Waals surface area contributed by atoms with Crippen LogP contribution in [-0.2, 0) is 4.74 Å². The van der Waals surface area contributed by atoms with Gasteiger partial charge >= 0.3 is 0 Å². The van der Waals surface area contributed by atoms with Gasteiger partial charge in [0.1, 0.15) is 6.54 Å². The molecule has 5 heteroatoms. The zero-order valence-corrected chi connectivity index (χ0v) is 14.9. The second kappa shape index (κ2) is 7.51. The largest absolute Gasteiger partial charge is 0.377 e. The van der Waals surface area contributed by atoms with E-state index in [0.29, 0.717) is 24.6 Å². The van der Waals surface area contributed by atoms with E-state index in [2.05, 4.69) is 42.3 Å². The highest BCUT2D eigenvalue weighted by Crippen LogP contribution is 2.51. The van der Waals surface area contributed by atoms with Crippen molar-refractivity contribution in [2.24, 2.45) is 16.3 Å². The van der Waals surface area contributed by atoms with Gasteiger partial charge in [-0.3, -0.25) is 0 Å². The number of hydrogen-bond acceptors (Lipinski definition) is 2. The lowest BCUT2D eigenvalue weighted by atomic mass is 9.55. The molecule has 0 aromatic rings. The average Bonchev–Trinajstić information content (AvgIpc) is 2.41. The lowest BCUT2D eigenvalue weighted by molar-refractivity contribution is -0.188. The van der Waals surface area contributed by atoms with Crippen molar-refractivity contribution in [1.29, 1.82) is 0 Å². The van der Waals surface area contributed by atoms with Gasteiger partial charge in [0.2, 0.25) is 0 Å². The van der Waals surface area contributed by atoms with E-state index in [9.17, 15) is 0 Å². The lowest BCUT2D eigenvalue weighted by Crippen LogP contribution is -2.71. The molecule has 2 rings (SSSR count). The summed E-state index contributed by atoms with van der Waals surface area (Å²) in [7, 11) is 0. The minimum atomic E-state index is 0. The van der Waals surface area contributed by atoms with Crippen molar-refractivity contribution in [3.63, 3.8) is 0 Å². The van der Waals surface area contributed by atoms with Crippen molar-refractivity contribution >= 4 is 29.9 Å². The predicted molar refractivity (Wildman–Crippen MR) is 93.4 cm³/mol. The van der Waals surface area contributed by atoms with E-state index in [4.69, 9.17) is 11.2 Å². The summed E-state index contributed by atoms with van der Waals surface area (Å²) in [6.07, 6.45) is 8.06. The van der Waals surface area contributed by atoms with Crippen LogP contribution in [0, 0.1) is 23.7 Å². The summed E-state index contributed by atoms with van der Waals surface area (Å²) < 4.78 is 5.91. The fraction of sp³-hybridized carbons (Fsp3) is 0.800. The Morgan fingerprint density at radius 3 is 2.90 bits per heavy atom. The molecule has 0 aromatic heterocycles. The Morgan fingerprint density at radius 1 is 1.50 bits per heavy atom. The third kappa shape index (κ3) is 3.40. The van der Waals surface area contributed by atoms with Crippen LogP contribution in [0.3, 0.4) is 0 Å². The second-order valence-electron chi connectivity index (χ2n) is 5.94. The summed E-state index contributed by atoms with van der Waals surface area (Å²) in [5.41, 5.74) is 0.150. The monoisotopic (exact) mass is 391 g/mol. The molecule has 20 heavy (non-hydrogen) atoms. The zero-order chi connectivity index (χ0) is 13.9. The quantitative estimate of drug-likeness (QED) is 0.335. The first-order valence-corrected chi connectivity index (χ1v) is 7.21. The zero-order valence-electron chi connectivity index (χ0n) is 12.6. The van der Waals surface area contributed by atoms with Gasteiger partial charge in [-0.1, -0.05) is 19.8 Å². The Hall–Kier alpha value is -0.480. The van der Waals surface area contributed by atoms with E-state index in [1.165, 1.54) is 6.42 Å². The third-order valence-electron chi connectivity index (χ3n) is 4.30. The van der Waals surface area contributed by atoms with Gasteiger partial charge in [-0.15, -0.1) is 30.4 Å². The molecule has 4 nitrogen and oxygen atoms in total. The molecule has 2 aliphatic rings. The SMILES string of the molecule is C#CCN=C(NCC)NC1C2CCCOC2C1(C)C.I. The van der Waals surface area contributed by atoms with Gasteiger partial charge in [0.25, 0.3) is 0 Å². The van der Waals surface area contributed by atoms with Crippen molar-refractivity contribution < 1.29 is 4.74 Å². The van der Waals surface area contributed by atoms with Gasteiger partial charge < -0.3 is 15.4 Å². The Labute approximate surface area is 139 Å². The van der Waals surface area contributed by atoms with Crippen LogP contribution in [0.4, 0.5) is 0 Å². The summed E-state index contributed by atoms with van der Waals surface area (Å²) in [5, 5.41) is 6.79. The first kappa shape index (κ1) is 17.6. The van der Waals surface area contributed by atoms with Crippen LogP contribution in [0.15, 0.2) is 4.99 Å². The standard InChI is InChI=1S/C15H25N3O.HI/c1-5-9-17-14(16-6-2)18-12-11-8-7-10-19-13(11)15(12,3)4;/h1,11-13H,6-10H2,2-4H3,(H2,16,17,18);1H. The Balaban J connectivity index is 0.00000200. The maximum Gasteiger partial charge on any atom is 0.192 e. The molecule has 0 radical (unpaired) electrons. The molecule has 1 heterocycles. The molecule has 1 saturated heterocycles. The van der Waals surface area contributed by atoms with Crippen LogP contribution in [0.2, 0.25) is 0 Å². The normalized spacial score (nSPS) is 31.1. The van der Waals surface area contributed by atoms with Gasteiger partial charge in [-0.25, -0.2) is 4.99 Å². The number of hydrogen-bond donors (Lipinski definition) is 2. The van der Waals surface area contributed by atoms with Crippen molar-refractivity contribution in [2.45, 2.75) is 45.8 Å². The summed E-state index contributed by atoms with van der Waals surface area (Å²) in [6, 6.07) is 0.411. The smallest absolute Gasteiger partial charge is 0.192 e. The van der Waals surface area contributed by atoms with Crippen LogP contribution < -0.4 is 10.6 Å². The maximum absolute atomic E-state index is 5.91. The molecular formula is C15H26IN3O. The van der Waals surface area contributed by atoms with Crippen molar-refractivity contribution in [1.82, 2.24) is 10.6 Å². The summed E-state index contributed by atoms with van der Waals surface area (Å²) >= 11 is 0. The van der Waals surface area contributed by atoms with E-state index in [1.807, 2.05) is 0 Å². The minimum absolute atomic E-state index is 0. The Kier molecular flexibility index (Phi) is 6.59. The van der Waals surface area contributed by atoms with E-state index >= 15 is 0 Å². The van der Waals surface area contributed by atoms with Crippen LogP contribution >= 0.6 is 24.0 Å². The number of rotatable bonds is 3. The van der Waals surface area contributed by atoms with Gasteiger partial charge in [0.05, 0.1) is 6.10 Å². The molecule has 3 atom stereocenters. The molecule has 1 aliphatic carbocycles. The van der Waals surface area contributed by atoms with Crippen LogP contribution in [0.25, 0.3) is 0 Å². The highest BCUT2D eigenvalue weighted by atomic mass is 127. The molecule has 2 N–H and O–H groups in total. The first-order valence-electron chi connectivity index (χ1n) is 7.21. The van der Waals surface area contributed by atoms with Crippen molar-refractivity contribution in [3.05, 3.63) is 0 Å². The molecule has 0 aromatic carbocycles. The van der Waals surface area contributed by atoms with E-state index in [1.54, 1.807) is 0 Å². The molecular weight excluding hydrogens is 365 g/mol. The summed E-state index contributed by atoms with van der Waals surface area (Å²) in [6.45, 7) is 8.75. The first-order chi connectivity index (χ1) is 9.11. The number of fused-ring (bicyclic) bond motifs is 1. The highest BCUT2D eigenvalue weighted by molar-refractivity contribution is 14.0. The van der Waals surface area contributed by atoms with Gasteiger partial charge in [-0.2, -0.15) is 0 Å². The minimum Gasteiger partial charge on any atom is -0.377 e. The molecule has 0 bridgehead atoms. The molecule has 114 valence electrons. The molecule has 1 saturated carbocycles. The van der Waals surface area contributed by atoms with Crippen LogP contribution in [-0.4, -0.2) is 37.8 Å².